The lowest BCUT2D eigenvalue weighted by atomic mass is 10.2. The van der Waals surface area contributed by atoms with E-state index in [1.165, 1.54) is 18.2 Å². The number of nitrogens with one attached hydrogen (secondary N) is 3. The molecule has 0 atom stereocenters. The fraction of sp³-hybridized carbons (Fsp3) is 0.158. The van der Waals surface area contributed by atoms with E-state index in [-0.39, 0.29) is 16.8 Å². The Morgan fingerprint density at radius 3 is 2.59 bits per heavy atom. The third-order valence-electron chi connectivity index (χ3n) is 3.66. The Labute approximate surface area is 161 Å². The maximum absolute atomic E-state index is 12.8. The molecule has 0 spiro atoms. The molecule has 1 aliphatic heterocycles. The number of hydrogen-bond donors (Lipinski definition) is 3. The van der Waals surface area contributed by atoms with Crippen molar-refractivity contribution < 1.29 is 18.7 Å². The Balaban J connectivity index is 1.43. The molecule has 0 unspecified atom stereocenters. The quantitative estimate of drug-likeness (QED) is 0.425. The van der Waals surface area contributed by atoms with Crippen LogP contribution in [0.5, 0.6) is 11.5 Å². The molecule has 1 amide bonds. The van der Waals surface area contributed by atoms with Crippen LogP contribution in [-0.2, 0) is 11.3 Å². The molecule has 2 aromatic rings. The van der Waals surface area contributed by atoms with Crippen LogP contribution in [-0.4, -0.2) is 24.2 Å². The average Bonchev–Trinajstić information content (AvgIpc) is 2.70. The molecule has 8 heteroatoms. The van der Waals surface area contributed by atoms with Gasteiger partial charge in [-0.2, -0.15) is 0 Å². The number of halogens is 1. The number of ether oxygens (including phenoxy) is 2. The van der Waals surface area contributed by atoms with E-state index in [1.807, 2.05) is 6.07 Å². The molecular weight excluding hydrogens is 369 g/mol. The lowest BCUT2D eigenvalue weighted by Gasteiger charge is -2.18. The molecule has 0 fully saturated rings. The van der Waals surface area contributed by atoms with Crippen molar-refractivity contribution in [2.75, 3.05) is 13.2 Å². The summed E-state index contributed by atoms with van der Waals surface area (Å²) < 4.78 is 23.8. The monoisotopic (exact) mass is 387 g/mol. The van der Waals surface area contributed by atoms with Crippen LogP contribution >= 0.6 is 12.2 Å². The predicted molar refractivity (Wildman–Crippen MR) is 104 cm³/mol. The second-order valence-electron chi connectivity index (χ2n) is 5.66. The van der Waals surface area contributed by atoms with E-state index >= 15 is 0 Å². The SMILES string of the molecule is O=C(/C=C/c1ccc2c(c1)OCCO2)NNC(=S)NCc1ccc(F)cc1. The minimum absolute atomic E-state index is 0.250. The highest BCUT2D eigenvalue weighted by molar-refractivity contribution is 7.80. The van der Waals surface area contributed by atoms with Crippen LogP contribution < -0.4 is 25.6 Å². The predicted octanol–water partition coefficient (Wildman–Crippen LogP) is 2.31. The van der Waals surface area contributed by atoms with Gasteiger partial charge >= 0.3 is 0 Å². The van der Waals surface area contributed by atoms with Gasteiger partial charge < -0.3 is 14.8 Å². The summed E-state index contributed by atoms with van der Waals surface area (Å²) in [4.78, 5) is 11.9. The third-order valence-corrected chi connectivity index (χ3v) is 3.91. The summed E-state index contributed by atoms with van der Waals surface area (Å²) in [5.41, 5.74) is 6.74. The Bertz CT molecular complexity index is 856. The number of carbonyl (C=O) groups excluding carboxylic acids is 1. The third kappa shape index (κ3) is 5.68. The maximum atomic E-state index is 12.8. The summed E-state index contributed by atoms with van der Waals surface area (Å²) >= 11 is 5.08. The van der Waals surface area contributed by atoms with Crippen molar-refractivity contribution in [2.45, 2.75) is 6.54 Å². The zero-order chi connectivity index (χ0) is 19.1. The van der Waals surface area contributed by atoms with Gasteiger partial charge in [-0.3, -0.25) is 15.6 Å². The summed E-state index contributed by atoms with van der Waals surface area (Å²) in [7, 11) is 0. The van der Waals surface area contributed by atoms with Crippen molar-refractivity contribution in [1.29, 1.82) is 0 Å². The molecule has 3 rings (SSSR count). The fourth-order valence-electron chi connectivity index (χ4n) is 2.32. The molecule has 0 saturated carbocycles. The van der Waals surface area contributed by atoms with E-state index in [0.717, 1.165) is 11.1 Å². The van der Waals surface area contributed by atoms with Gasteiger partial charge in [-0.05, 0) is 53.7 Å². The van der Waals surface area contributed by atoms with Gasteiger partial charge in [0.15, 0.2) is 16.6 Å². The zero-order valence-corrected chi connectivity index (χ0v) is 15.1. The summed E-state index contributed by atoms with van der Waals surface area (Å²) in [5.74, 6) is 0.697. The van der Waals surface area contributed by atoms with Gasteiger partial charge in [0, 0.05) is 12.6 Å². The molecule has 6 nitrogen and oxygen atoms in total. The number of hydrogen-bond acceptors (Lipinski definition) is 4. The first-order valence-electron chi connectivity index (χ1n) is 8.26. The van der Waals surface area contributed by atoms with Crippen LogP contribution in [0, 0.1) is 5.82 Å². The molecule has 3 N–H and O–H groups in total. The number of carbonyl (C=O) groups is 1. The van der Waals surface area contributed by atoms with Gasteiger partial charge in [0.2, 0.25) is 0 Å². The van der Waals surface area contributed by atoms with Crippen molar-refractivity contribution in [3.05, 3.63) is 65.5 Å². The Morgan fingerprint density at radius 1 is 1.07 bits per heavy atom. The second-order valence-corrected chi connectivity index (χ2v) is 6.07. The lowest BCUT2D eigenvalue weighted by Crippen LogP contribution is -2.45. The Hall–Kier alpha value is -3.13. The van der Waals surface area contributed by atoms with E-state index in [4.69, 9.17) is 21.7 Å². The minimum atomic E-state index is -0.365. The van der Waals surface area contributed by atoms with E-state index in [9.17, 15) is 9.18 Å². The first kappa shape index (κ1) is 18.7. The summed E-state index contributed by atoms with van der Waals surface area (Å²) in [6.45, 7) is 1.45. The Morgan fingerprint density at radius 2 is 1.81 bits per heavy atom. The highest BCUT2D eigenvalue weighted by Crippen LogP contribution is 2.30. The van der Waals surface area contributed by atoms with Crippen molar-refractivity contribution in [1.82, 2.24) is 16.2 Å². The van der Waals surface area contributed by atoms with Crippen molar-refractivity contribution in [3.8, 4) is 11.5 Å². The smallest absolute Gasteiger partial charge is 0.262 e. The van der Waals surface area contributed by atoms with Gasteiger partial charge in [0.05, 0.1) is 0 Å². The van der Waals surface area contributed by atoms with Crippen LogP contribution in [0.1, 0.15) is 11.1 Å². The molecule has 27 heavy (non-hydrogen) atoms. The van der Waals surface area contributed by atoms with Gasteiger partial charge in [0.25, 0.3) is 5.91 Å². The van der Waals surface area contributed by atoms with Crippen LogP contribution in [0.2, 0.25) is 0 Å². The van der Waals surface area contributed by atoms with Gasteiger partial charge in [-0.15, -0.1) is 0 Å². The van der Waals surface area contributed by atoms with Gasteiger partial charge in [0.1, 0.15) is 19.0 Å². The molecule has 0 aromatic heterocycles. The molecule has 140 valence electrons. The number of thiocarbonyl (C=S) groups is 1. The molecule has 0 aliphatic carbocycles. The van der Waals surface area contributed by atoms with Crippen molar-refractivity contribution in [2.24, 2.45) is 0 Å². The lowest BCUT2D eigenvalue weighted by molar-refractivity contribution is -0.116. The van der Waals surface area contributed by atoms with Crippen LogP contribution in [0.25, 0.3) is 6.08 Å². The summed E-state index contributed by atoms with van der Waals surface area (Å²) in [5, 5.41) is 3.16. The molecule has 0 saturated heterocycles. The molecule has 0 radical (unpaired) electrons. The van der Waals surface area contributed by atoms with Crippen molar-refractivity contribution in [3.63, 3.8) is 0 Å². The van der Waals surface area contributed by atoms with Gasteiger partial charge in [-0.25, -0.2) is 4.39 Å². The van der Waals surface area contributed by atoms with Gasteiger partial charge in [-0.1, -0.05) is 18.2 Å². The summed E-state index contributed by atoms with van der Waals surface area (Å²) in [6.07, 6.45) is 3.03. The van der Waals surface area contributed by atoms with E-state index in [1.54, 1.807) is 30.3 Å². The second kappa shape index (κ2) is 9.00. The zero-order valence-electron chi connectivity index (χ0n) is 14.3. The van der Waals surface area contributed by atoms with Crippen LogP contribution in [0.3, 0.4) is 0 Å². The van der Waals surface area contributed by atoms with Crippen LogP contribution in [0.15, 0.2) is 48.5 Å². The number of hydrazine groups is 1. The van der Waals surface area contributed by atoms with E-state index in [2.05, 4.69) is 16.2 Å². The topological polar surface area (TPSA) is 71.6 Å². The standard InChI is InChI=1S/C19H18FN3O3S/c20-15-5-1-14(2-6-15)12-21-19(27)23-22-18(24)8-4-13-3-7-16-17(11-13)26-10-9-25-16/h1-8,11H,9-10,12H2,(H,22,24)(H2,21,23,27)/b8-4+. The number of rotatable bonds is 4. The van der Waals surface area contributed by atoms with Crippen LogP contribution in [0.4, 0.5) is 4.39 Å². The molecule has 2 aromatic carbocycles. The highest BCUT2D eigenvalue weighted by atomic mass is 32.1. The highest BCUT2D eigenvalue weighted by Gasteiger charge is 2.10. The molecule has 1 aliphatic rings. The number of benzene rings is 2. The minimum Gasteiger partial charge on any atom is -0.486 e. The molecule has 1 heterocycles. The maximum Gasteiger partial charge on any atom is 0.262 e. The normalized spacial score (nSPS) is 12.5. The molecular formula is C19H18FN3O3S. The van der Waals surface area contributed by atoms with Crippen molar-refractivity contribution >= 4 is 29.3 Å². The first-order chi connectivity index (χ1) is 13.1. The average molecular weight is 387 g/mol. The Kier molecular flexibility index (Phi) is 6.22. The number of amides is 1. The fourth-order valence-corrected chi connectivity index (χ4v) is 2.45. The van der Waals surface area contributed by atoms with E-state index in [0.29, 0.717) is 31.3 Å². The van der Waals surface area contributed by atoms with E-state index < -0.39 is 0 Å². The molecule has 0 bridgehead atoms. The first-order valence-corrected chi connectivity index (χ1v) is 8.67. The summed E-state index contributed by atoms with van der Waals surface area (Å²) in [6, 6.07) is 11.5. The largest absolute Gasteiger partial charge is 0.486 e. The number of fused-ring (bicyclic) bond motifs is 1.